The number of nitrogen functional groups attached to an aromatic ring is 1. The van der Waals surface area contributed by atoms with Crippen LogP contribution in [-0.4, -0.2) is 23.9 Å². The largest absolute Gasteiger partial charge is 0.397 e. The van der Waals surface area contributed by atoms with Crippen molar-refractivity contribution in [2.24, 2.45) is 0 Å². The smallest absolute Gasteiger partial charge is 0.253 e. The third-order valence-electron chi connectivity index (χ3n) is 4.51. The first-order chi connectivity index (χ1) is 11.6. The van der Waals surface area contributed by atoms with Gasteiger partial charge in [-0.15, -0.1) is 0 Å². The second-order valence-electron chi connectivity index (χ2n) is 6.50. The zero-order valence-corrected chi connectivity index (χ0v) is 14.2. The van der Waals surface area contributed by atoms with Crippen molar-refractivity contribution in [3.05, 3.63) is 59.2 Å². The average Bonchev–Trinajstić information content (AvgIpc) is 2.61. The van der Waals surface area contributed by atoms with Gasteiger partial charge in [0, 0.05) is 25.2 Å². The molecule has 2 aromatic carbocycles. The SMILES string of the molecule is Cc1cccc(CNc2ccc(C(=O)N3CCCCC3)cc2N)c1. The number of hydrogen-bond acceptors (Lipinski definition) is 3. The summed E-state index contributed by atoms with van der Waals surface area (Å²) in [4.78, 5) is 14.5. The van der Waals surface area contributed by atoms with Gasteiger partial charge in [0.2, 0.25) is 0 Å². The standard InChI is InChI=1S/C20H25N3O/c1-15-6-5-7-16(12-15)14-22-19-9-8-17(13-18(19)21)20(24)23-10-3-2-4-11-23/h5-9,12-13,22H,2-4,10-11,14,21H2,1H3. The van der Waals surface area contributed by atoms with Crippen molar-refractivity contribution >= 4 is 17.3 Å². The number of rotatable bonds is 4. The number of nitrogens with two attached hydrogens (primary N) is 1. The van der Waals surface area contributed by atoms with Crippen molar-refractivity contribution < 1.29 is 4.79 Å². The van der Waals surface area contributed by atoms with Crippen LogP contribution in [0.4, 0.5) is 11.4 Å². The van der Waals surface area contributed by atoms with Gasteiger partial charge < -0.3 is 16.0 Å². The minimum absolute atomic E-state index is 0.0895. The highest BCUT2D eigenvalue weighted by molar-refractivity contribution is 5.96. The minimum Gasteiger partial charge on any atom is -0.397 e. The maximum atomic E-state index is 12.5. The highest BCUT2D eigenvalue weighted by Gasteiger charge is 2.18. The van der Waals surface area contributed by atoms with E-state index in [0.29, 0.717) is 17.8 Å². The molecule has 3 N–H and O–H groups in total. The lowest BCUT2D eigenvalue weighted by molar-refractivity contribution is 0.0724. The molecule has 0 saturated carbocycles. The Kier molecular flexibility index (Phi) is 5.04. The van der Waals surface area contributed by atoms with E-state index >= 15 is 0 Å². The van der Waals surface area contributed by atoms with E-state index in [1.807, 2.05) is 17.0 Å². The van der Waals surface area contributed by atoms with Gasteiger partial charge in [-0.1, -0.05) is 29.8 Å². The summed E-state index contributed by atoms with van der Waals surface area (Å²) in [5.41, 5.74) is 10.8. The van der Waals surface area contributed by atoms with Crippen LogP contribution in [0.5, 0.6) is 0 Å². The molecule has 0 unspecified atom stereocenters. The molecule has 24 heavy (non-hydrogen) atoms. The number of likely N-dealkylation sites (tertiary alicyclic amines) is 1. The Morgan fingerprint density at radius 2 is 1.92 bits per heavy atom. The lowest BCUT2D eigenvalue weighted by Crippen LogP contribution is -2.35. The molecule has 1 amide bonds. The summed E-state index contributed by atoms with van der Waals surface area (Å²) in [5, 5.41) is 3.35. The van der Waals surface area contributed by atoms with Crippen molar-refractivity contribution in [1.82, 2.24) is 4.90 Å². The number of nitrogens with one attached hydrogen (secondary N) is 1. The van der Waals surface area contributed by atoms with Gasteiger partial charge in [-0.3, -0.25) is 4.79 Å². The second kappa shape index (κ2) is 7.39. The number of benzene rings is 2. The molecule has 1 aliphatic heterocycles. The van der Waals surface area contributed by atoms with Gasteiger partial charge >= 0.3 is 0 Å². The predicted molar refractivity (Wildman–Crippen MR) is 99.1 cm³/mol. The Balaban J connectivity index is 1.67. The van der Waals surface area contributed by atoms with Crippen LogP contribution in [0.2, 0.25) is 0 Å². The number of carbonyl (C=O) groups is 1. The predicted octanol–water partition coefficient (Wildman–Crippen LogP) is 3.82. The summed E-state index contributed by atoms with van der Waals surface area (Å²) >= 11 is 0. The molecule has 1 heterocycles. The Labute approximate surface area is 143 Å². The summed E-state index contributed by atoms with van der Waals surface area (Å²) in [6.07, 6.45) is 3.41. The minimum atomic E-state index is 0.0895. The third kappa shape index (κ3) is 3.88. The molecule has 0 spiro atoms. The molecule has 126 valence electrons. The molecule has 0 atom stereocenters. The van der Waals surface area contributed by atoms with Crippen LogP contribution in [0.3, 0.4) is 0 Å². The summed E-state index contributed by atoms with van der Waals surface area (Å²) in [5.74, 6) is 0.0895. The van der Waals surface area contributed by atoms with Gasteiger partial charge in [0.05, 0.1) is 11.4 Å². The van der Waals surface area contributed by atoms with E-state index < -0.39 is 0 Å². The Morgan fingerprint density at radius 3 is 2.62 bits per heavy atom. The van der Waals surface area contributed by atoms with Crippen molar-refractivity contribution in [3.63, 3.8) is 0 Å². The molecule has 0 aromatic heterocycles. The van der Waals surface area contributed by atoms with Crippen LogP contribution in [0, 0.1) is 6.92 Å². The number of piperidine rings is 1. The van der Waals surface area contributed by atoms with Gasteiger partial charge in [-0.05, 0) is 49.9 Å². The van der Waals surface area contributed by atoms with Crippen LogP contribution < -0.4 is 11.1 Å². The molecule has 2 aromatic rings. The number of amides is 1. The number of carbonyl (C=O) groups excluding carboxylic acids is 1. The number of aryl methyl sites for hydroxylation is 1. The molecule has 0 aliphatic carbocycles. The maximum Gasteiger partial charge on any atom is 0.253 e. The molecular weight excluding hydrogens is 298 g/mol. The van der Waals surface area contributed by atoms with Gasteiger partial charge in [0.25, 0.3) is 5.91 Å². The average molecular weight is 323 g/mol. The fraction of sp³-hybridized carbons (Fsp3) is 0.350. The maximum absolute atomic E-state index is 12.5. The Morgan fingerprint density at radius 1 is 1.12 bits per heavy atom. The Hall–Kier alpha value is -2.49. The third-order valence-corrected chi connectivity index (χ3v) is 4.51. The molecule has 4 nitrogen and oxygen atoms in total. The lowest BCUT2D eigenvalue weighted by atomic mass is 10.1. The van der Waals surface area contributed by atoms with Crippen molar-refractivity contribution in [2.75, 3.05) is 24.1 Å². The van der Waals surface area contributed by atoms with Gasteiger partial charge in [-0.2, -0.15) is 0 Å². The highest BCUT2D eigenvalue weighted by atomic mass is 16.2. The van der Waals surface area contributed by atoms with Crippen molar-refractivity contribution in [2.45, 2.75) is 32.7 Å². The zero-order chi connectivity index (χ0) is 16.9. The van der Waals surface area contributed by atoms with Crippen LogP contribution >= 0.6 is 0 Å². The highest BCUT2D eigenvalue weighted by Crippen LogP contribution is 2.22. The summed E-state index contributed by atoms with van der Waals surface area (Å²) < 4.78 is 0. The normalized spacial score (nSPS) is 14.5. The molecule has 1 fully saturated rings. The summed E-state index contributed by atoms with van der Waals surface area (Å²) in [6.45, 7) is 4.50. The first kappa shape index (κ1) is 16.4. The van der Waals surface area contributed by atoms with E-state index in [4.69, 9.17) is 5.73 Å². The number of hydrogen-bond donors (Lipinski definition) is 2. The van der Waals surface area contributed by atoms with Crippen molar-refractivity contribution in [3.8, 4) is 0 Å². The monoisotopic (exact) mass is 323 g/mol. The van der Waals surface area contributed by atoms with Crippen LogP contribution in [0.25, 0.3) is 0 Å². The quantitative estimate of drug-likeness (QED) is 0.841. The van der Waals surface area contributed by atoms with Crippen LogP contribution in [0.15, 0.2) is 42.5 Å². The first-order valence-corrected chi connectivity index (χ1v) is 8.62. The molecule has 4 heteroatoms. The fourth-order valence-electron chi connectivity index (χ4n) is 3.16. The molecule has 0 radical (unpaired) electrons. The summed E-state index contributed by atoms with van der Waals surface area (Å²) in [6, 6.07) is 13.9. The van der Waals surface area contributed by atoms with E-state index in [1.54, 1.807) is 6.07 Å². The van der Waals surface area contributed by atoms with E-state index in [-0.39, 0.29) is 5.91 Å². The number of anilines is 2. The second-order valence-corrected chi connectivity index (χ2v) is 6.50. The zero-order valence-electron chi connectivity index (χ0n) is 14.2. The summed E-state index contributed by atoms with van der Waals surface area (Å²) in [7, 11) is 0. The van der Waals surface area contributed by atoms with E-state index in [0.717, 1.165) is 31.6 Å². The van der Waals surface area contributed by atoms with E-state index in [9.17, 15) is 4.79 Å². The molecule has 1 aliphatic rings. The molecular formula is C20H25N3O. The molecule has 3 rings (SSSR count). The fourth-order valence-corrected chi connectivity index (χ4v) is 3.16. The van der Waals surface area contributed by atoms with Gasteiger partial charge in [0.1, 0.15) is 0 Å². The van der Waals surface area contributed by atoms with Crippen LogP contribution in [0.1, 0.15) is 40.7 Å². The van der Waals surface area contributed by atoms with Crippen molar-refractivity contribution in [1.29, 1.82) is 0 Å². The Bertz CT molecular complexity index is 721. The van der Waals surface area contributed by atoms with E-state index in [2.05, 4.69) is 36.5 Å². The number of nitrogens with zero attached hydrogens (tertiary/aromatic N) is 1. The van der Waals surface area contributed by atoms with Gasteiger partial charge in [0.15, 0.2) is 0 Å². The topological polar surface area (TPSA) is 58.4 Å². The first-order valence-electron chi connectivity index (χ1n) is 8.62. The van der Waals surface area contributed by atoms with E-state index in [1.165, 1.54) is 17.5 Å². The molecule has 0 bridgehead atoms. The van der Waals surface area contributed by atoms with Crippen LogP contribution in [-0.2, 0) is 6.54 Å². The molecule has 1 saturated heterocycles. The van der Waals surface area contributed by atoms with Gasteiger partial charge in [-0.25, -0.2) is 0 Å². The lowest BCUT2D eigenvalue weighted by Gasteiger charge is -2.27.